The normalized spacial score (nSPS) is 10.1. The van der Waals surface area contributed by atoms with Crippen molar-refractivity contribution in [3.63, 3.8) is 0 Å². The minimum absolute atomic E-state index is 0.413. The molecule has 0 saturated carbocycles. The molecule has 0 unspecified atom stereocenters. The Labute approximate surface area is 163 Å². The maximum atomic E-state index is 12.2. The Morgan fingerprint density at radius 2 is 1.57 bits per heavy atom. The molecular weight excluding hydrogens is 358 g/mol. The second-order valence-corrected chi connectivity index (χ2v) is 5.98. The van der Waals surface area contributed by atoms with Crippen LogP contribution in [0.4, 0.5) is 16.2 Å². The molecule has 0 aliphatic carbocycles. The number of hydrogen-bond acceptors (Lipinski definition) is 5. The molecule has 0 spiro atoms. The maximum absolute atomic E-state index is 12.2. The van der Waals surface area contributed by atoms with E-state index >= 15 is 0 Å². The maximum Gasteiger partial charge on any atom is 0.323 e. The zero-order valence-electron chi connectivity index (χ0n) is 15.9. The molecule has 0 radical (unpaired) electrons. The van der Waals surface area contributed by atoms with Gasteiger partial charge in [0.25, 0.3) is 0 Å². The number of anilines is 2. The van der Waals surface area contributed by atoms with Crippen molar-refractivity contribution in [2.24, 2.45) is 0 Å². The summed E-state index contributed by atoms with van der Waals surface area (Å²) in [6, 6.07) is 15.8. The number of methoxy groups -OCH3 is 2. The summed E-state index contributed by atoms with van der Waals surface area (Å²) in [6.45, 7) is 1.99. The summed E-state index contributed by atoms with van der Waals surface area (Å²) in [5.74, 6) is 2.30. The molecule has 1 heterocycles. The molecule has 0 aliphatic heterocycles. The lowest BCUT2D eigenvalue weighted by atomic mass is 10.2. The highest BCUT2D eigenvalue weighted by molar-refractivity contribution is 5.99. The summed E-state index contributed by atoms with van der Waals surface area (Å²) in [5.41, 5.74) is 2.17. The molecule has 0 fully saturated rings. The van der Waals surface area contributed by atoms with Crippen LogP contribution >= 0.6 is 0 Å². The van der Waals surface area contributed by atoms with Crippen LogP contribution in [0.25, 0.3) is 0 Å². The van der Waals surface area contributed by atoms with Crippen molar-refractivity contribution in [3.8, 4) is 23.1 Å². The van der Waals surface area contributed by atoms with E-state index < -0.39 is 6.03 Å². The number of nitrogens with zero attached hydrogens (tertiary/aromatic N) is 1. The fraction of sp³-hybridized carbons (Fsp3) is 0.143. The Morgan fingerprint density at radius 3 is 2.18 bits per heavy atom. The molecule has 0 atom stereocenters. The van der Waals surface area contributed by atoms with Crippen LogP contribution in [-0.4, -0.2) is 25.2 Å². The molecule has 7 nitrogen and oxygen atoms in total. The van der Waals surface area contributed by atoms with Crippen molar-refractivity contribution >= 4 is 17.4 Å². The number of carbonyl (C=O) groups is 1. The molecule has 3 aromatic rings. The number of nitrogens with one attached hydrogen (secondary N) is 2. The number of hydrogen-bond donors (Lipinski definition) is 2. The van der Waals surface area contributed by atoms with Crippen molar-refractivity contribution in [1.82, 2.24) is 4.98 Å². The molecule has 144 valence electrons. The third kappa shape index (κ3) is 5.14. The van der Waals surface area contributed by atoms with E-state index in [0.717, 1.165) is 5.56 Å². The second kappa shape index (κ2) is 8.77. The van der Waals surface area contributed by atoms with Gasteiger partial charge in [-0.25, -0.2) is 9.78 Å². The van der Waals surface area contributed by atoms with Gasteiger partial charge in [0.05, 0.1) is 26.1 Å². The van der Waals surface area contributed by atoms with Gasteiger partial charge in [-0.15, -0.1) is 0 Å². The summed E-state index contributed by atoms with van der Waals surface area (Å²) in [6.07, 6.45) is 1.52. The van der Waals surface area contributed by atoms with Gasteiger partial charge in [0, 0.05) is 30.0 Å². The lowest BCUT2D eigenvalue weighted by Crippen LogP contribution is -2.19. The van der Waals surface area contributed by atoms with E-state index in [9.17, 15) is 4.79 Å². The molecule has 3 rings (SSSR count). The Hall–Kier alpha value is -3.74. The van der Waals surface area contributed by atoms with E-state index in [0.29, 0.717) is 34.5 Å². The van der Waals surface area contributed by atoms with Crippen LogP contribution < -0.4 is 24.8 Å². The first kappa shape index (κ1) is 19.0. The van der Waals surface area contributed by atoms with Crippen LogP contribution in [0.15, 0.2) is 60.8 Å². The Balaban J connectivity index is 1.61. The largest absolute Gasteiger partial charge is 0.497 e. The smallest absolute Gasteiger partial charge is 0.323 e. The molecule has 0 saturated heterocycles. The molecule has 2 amide bonds. The van der Waals surface area contributed by atoms with E-state index in [4.69, 9.17) is 14.2 Å². The number of ether oxygens (including phenoxy) is 3. The predicted octanol–water partition coefficient (Wildman–Crippen LogP) is 4.84. The van der Waals surface area contributed by atoms with E-state index in [1.807, 2.05) is 31.2 Å². The monoisotopic (exact) mass is 379 g/mol. The second-order valence-electron chi connectivity index (χ2n) is 5.98. The molecule has 0 bridgehead atoms. The Bertz CT molecular complexity index is 936. The first-order valence-electron chi connectivity index (χ1n) is 8.57. The third-order valence-electron chi connectivity index (χ3n) is 3.82. The summed E-state index contributed by atoms with van der Waals surface area (Å²) in [7, 11) is 3.09. The highest BCUT2D eigenvalue weighted by atomic mass is 16.5. The zero-order chi connectivity index (χ0) is 19.9. The summed E-state index contributed by atoms with van der Waals surface area (Å²) < 4.78 is 16.1. The first-order chi connectivity index (χ1) is 13.6. The number of aromatic nitrogens is 1. The van der Waals surface area contributed by atoms with Gasteiger partial charge in [-0.1, -0.05) is 12.1 Å². The predicted molar refractivity (Wildman–Crippen MR) is 108 cm³/mol. The summed E-state index contributed by atoms with van der Waals surface area (Å²) >= 11 is 0. The van der Waals surface area contributed by atoms with Gasteiger partial charge in [-0.3, -0.25) is 0 Å². The van der Waals surface area contributed by atoms with E-state index in [1.165, 1.54) is 6.20 Å². The molecule has 1 aromatic heterocycles. The van der Waals surface area contributed by atoms with Gasteiger partial charge < -0.3 is 24.8 Å². The van der Waals surface area contributed by atoms with Gasteiger partial charge in [0.2, 0.25) is 5.88 Å². The SMILES string of the molecule is COc1cc(NC(=O)Nc2ccc(Oc3cccc(C)c3)nc2)cc(OC)c1. The minimum Gasteiger partial charge on any atom is -0.497 e. The molecule has 28 heavy (non-hydrogen) atoms. The van der Waals surface area contributed by atoms with E-state index in [1.54, 1.807) is 44.6 Å². The number of amides is 2. The van der Waals surface area contributed by atoms with Gasteiger partial charge in [-0.05, 0) is 30.7 Å². The quantitative estimate of drug-likeness (QED) is 0.640. The lowest BCUT2D eigenvalue weighted by Gasteiger charge is -2.11. The minimum atomic E-state index is -0.413. The van der Waals surface area contributed by atoms with Crippen LogP contribution in [0.1, 0.15) is 5.56 Å². The van der Waals surface area contributed by atoms with Crippen LogP contribution in [0.3, 0.4) is 0 Å². The Morgan fingerprint density at radius 1 is 0.857 bits per heavy atom. The average molecular weight is 379 g/mol. The van der Waals surface area contributed by atoms with Crippen molar-refractivity contribution in [3.05, 3.63) is 66.4 Å². The highest BCUT2D eigenvalue weighted by Gasteiger charge is 2.07. The average Bonchev–Trinajstić information content (AvgIpc) is 2.69. The number of rotatable bonds is 6. The number of aryl methyl sites for hydroxylation is 1. The molecular formula is C21H21N3O4. The standard InChI is InChI=1S/C21H21N3O4/c1-14-5-4-6-17(9-14)28-20-8-7-15(13-22-20)23-21(25)24-16-10-18(26-2)12-19(11-16)27-3/h4-13H,1-3H3,(H2,23,24,25). The van der Waals surface area contributed by atoms with Crippen LogP contribution in [0, 0.1) is 6.92 Å². The van der Waals surface area contributed by atoms with Crippen molar-refractivity contribution < 1.29 is 19.0 Å². The van der Waals surface area contributed by atoms with Crippen molar-refractivity contribution in [1.29, 1.82) is 0 Å². The topological polar surface area (TPSA) is 81.7 Å². The fourth-order valence-electron chi connectivity index (χ4n) is 2.49. The zero-order valence-corrected chi connectivity index (χ0v) is 15.9. The highest BCUT2D eigenvalue weighted by Crippen LogP contribution is 2.26. The summed E-state index contributed by atoms with van der Waals surface area (Å²) in [5, 5.41) is 5.45. The molecule has 0 aliphatic rings. The van der Waals surface area contributed by atoms with Gasteiger partial charge in [0.15, 0.2) is 0 Å². The number of pyridine rings is 1. The van der Waals surface area contributed by atoms with Gasteiger partial charge >= 0.3 is 6.03 Å². The van der Waals surface area contributed by atoms with Gasteiger partial charge in [0.1, 0.15) is 17.2 Å². The summed E-state index contributed by atoms with van der Waals surface area (Å²) in [4.78, 5) is 16.4. The number of benzene rings is 2. The fourth-order valence-corrected chi connectivity index (χ4v) is 2.49. The molecule has 2 aromatic carbocycles. The first-order valence-corrected chi connectivity index (χ1v) is 8.57. The van der Waals surface area contributed by atoms with Crippen LogP contribution in [0.2, 0.25) is 0 Å². The van der Waals surface area contributed by atoms with Crippen LogP contribution in [-0.2, 0) is 0 Å². The molecule has 2 N–H and O–H groups in total. The van der Waals surface area contributed by atoms with Crippen LogP contribution in [0.5, 0.6) is 23.1 Å². The van der Waals surface area contributed by atoms with Crippen molar-refractivity contribution in [2.45, 2.75) is 6.92 Å². The van der Waals surface area contributed by atoms with E-state index in [2.05, 4.69) is 15.6 Å². The Kier molecular flexibility index (Phi) is 5.96. The van der Waals surface area contributed by atoms with E-state index in [-0.39, 0.29) is 0 Å². The lowest BCUT2D eigenvalue weighted by molar-refractivity contribution is 0.262. The number of urea groups is 1. The third-order valence-corrected chi connectivity index (χ3v) is 3.82. The van der Waals surface area contributed by atoms with Gasteiger partial charge in [-0.2, -0.15) is 0 Å². The van der Waals surface area contributed by atoms with Crippen molar-refractivity contribution in [2.75, 3.05) is 24.9 Å². The number of carbonyl (C=O) groups excluding carboxylic acids is 1. The molecule has 7 heteroatoms.